The van der Waals surface area contributed by atoms with Crippen LogP contribution in [0.1, 0.15) is 6.92 Å². The fourth-order valence-corrected chi connectivity index (χ4v) is 2.67. The number of ether oxygens (including phenoxy) is 1. The Kier molecular flexibility index (Phi) is 4.46. The molecule has 0 saturated heterocycles. The van der Waals surface area contributed by atoms with Crippen molar-refractivity contribution in [2.75, 3.05) is 0 Å². The first-order valence-corrected chi connectivity index (χ1v) is 7.66. The number of carboxylic acids is 1. The Bertz CT molecular complexity index is 1030. The third-order valence-corrected chi connectivity index (χ3v) is 3.91. The lowest BCUT2D eigenvalue weighted by Gasteiger charge is -2.12. The monoisotopic (exact) mass is 362 g/mol. The summed E-state index contributed by atoms with van der Waals surface area (Å²) in [5, 5.41) is 9.62. The summed E-state index contributed by atoms with van der Waals surface area (Å²) in [6.07, 6.45) is -1.06. The molecule has 5 nitrogen and oxygen atoms in total. The first kappa shape index (κ1) is 17.0. The highest BCUT2D eigenvalue weighted by molar-refractivity contribution is 6.33. The van der Waals surface area contributed by atoms with Gasteiger partial charge in [0.05, 0.1) is 5.02 Å². The van der Waals surface area contributed by atoms with E-state index in [0.717, 1.165) is 6.07 Å². The summed E-state index contributed by atoms with van der Waals surface area (Å²) < 4.78 is 23.7. The average molecular weight is 363 g/mol. The normalized spacial score (nSPS) is 12.1. The van der Waals surface area contributed by atoms with Gasteiger partial charge in [-0.2, -0.15) is 0 Å². The Morgan fingerprint density at radius 3 is 2.64 bits per heavy atom. The first-order valence-electron chi connectivity index (χ1n) is 7.28. The highest BCUT2D eigenvalue weighted by Crippen LogP contribution is 2.34. The minimum Gasteiger partial charge on any atom is -0.479 e. The van der Waals surface area contributed by atoms with Crippen LogP contribution in [0, 0.1) is 5.82 Å². The molecule has 1 atom stereocenters. The third-order valence-electron chi connectivity index (χ3n) is 3.60. The van der Waals surface area contributed by atoms with Crippen LogP contribution >= 0.6 is 11.6 Å². The SMILES string of the molecule is CC(Oc1ccc2c(-c3ccc(F)cc3Cl)cc(=O)oc2c1)C(=O)O. The quantitative estimate of drug-likeness (QED) is 0.707. The van der Waals surface area contributed by atoms with E-state index in [4.69, 9.17) is 25.9 Å². The van der Waals surface area contributed by atoms with Crippen molar-refractivity contribution < 1.29 is 23.4 Å². The van der Waals surface area contributed by atoms with Crippen molar-refractivity contribution in [2.45, 2.75) is 13.0 Å². The molecule has 1 heterocycles. The van der Waals surface area contributed by atoms with Crippen molar-refractivity contribution in [3.05, 3.63) is 63.7 Å². The van der Waals surface area contributed by atoms with Gasteiger partial charge in [0, 0.05) is 28.6 Å². The zero-order valence-electron chi connectivity index (χ0n) is 13.0. The van der Waals surface area contributed by atoms with E-state index in [-0.39, 0.29) is 16.4 Å². The standard InChI is InChI=1S/C18H12ClFO5/c1-9(18(22)23)24-11-3-5-13-14(8-17(21)25-16(13)7-11)12-4-2-10(20)6-15(12)19/h2-9H,1H3,(H,22,23). The minimum absolute atomic E-state index is 0.159. The van der Waals surface area contributed by atoms with Crippen LogP contribution in [0.4, 0.5) is 4.39 Å². The van der Waals surface area contributed by atoms with Gasteiger partial charge in [0.15, 0.2) is 6.10 Å². The fraction of sp³-hybridized carbons (Fsp3) is 0.111. The molecule has 1 aromatic heterocycles. The third kappa shape index (κ3) is 3.49. The lowest BCUT2D eigenvalue weighted by molar-refractivity contribution is -0.144. The van der Waals surface area contributed by atoms with Gasteiger partial charge in [0.25, 0.3) is 0 Å². The molecule has 0 aliphatic heterocycles. The van der Waals surface area contributed by atoms with Crippen molar-refractivity contribution in [3.8, 4) is 16.9 Å². The van der Waals surface area contributed by atoms with E-state index in [1.165, 1.54) is 31.2 Å². The summed E-state index contributed by atoms with van der Waals surface area (Å²) >= 11 is 6.09. The molecule has 1 N–H and O–H groups in total. The largest absolute Gasteiger partial charge is 0.479 e. The molecule has 128 valence electrons. The van der Waals surface area contributed by atoms with Gasteiger partial charge in [-0.1, -0.05) is 11.6 Å². The molecule has 0 aliphatic carbocycles. The number of fused-ring (bicyclic) bond motifs is 1. The number of benzene rings is 2. The smallest absolute Gasteiger partial charge is 0.344 e. The predicted octanol–water partition coefficient (Wildman–Crippen LogP) is 4.10. The molecular formula is C18H12ClFO5. The first-order chi connectivity index (χ1) is 11.8. The van der Waals surface area contributed by atoms with Crippen LogP contribution in [-0.2, 0) is 4.79 Å². The highest BCUT2D eigenvalue weighted by atomic mass is 35.5. The molecule has 0 radical (unpaired) electrons. The van der Waals surface area contributed by atoms with E-state index in [9.17, 15) is 14.0 Å². The van der Waals surface area contributed by atoms with E-state index in [0.29, 0.717) is 16.5 Å². The van der Waals surface area contributed by atoms with Gasteiger partial charge in [-0.15, -0.1) is 0 Å². The van der Waals surface area contributed by atoms with Crippen molar-refractivity contribution in [1.82, 2.24) is 0 Å². The number of carbonyl (C=O) groups is 1. The molecule has 0 aliphatic rings. The average Bonchev–Trinajstić information content (AvgIpc) is 2.53. The minimum atomic E-state index is -1.12. The molecule has 7 heteroatoms. The summed E-state index contributed by atoms with van der Waals surface area (Å²) in [5.74, 6) is -1.36. The van der Waals surface area contributed by atoms with Crippen LogP contribution in [-0.4, -0.2) is 17.2 Å². The van der Waals surface area contributed by atoms with Crippen molar-refractivity contribution in [1.29, 1.82) is 0 Å². The van der Waals surface area contributed by atoms with Crippen molar-refractivity contribution >= 4 is 28.5 Å². The molecule has 1 unspecified atom stereocenters. The summed E-state index contributed by atoms with van der Waals surface area (Å²) in [7, 11) is 0. The van der Waals surface area contributed by atoms with Crippen molar-refractivity contribution in [3.63, 3.8) is 0 Å². The molecule has 2 aromatic carbocycles. The molecular weight excluding hydrogens is 351 g/mol. The maximum Gasteiger partial charge on any atom is 0.344 e. The second kappa shape index (κ2) is 6.57. The Morgan fingerprint density at radius 2 is 1.96 bits per heavy atom. The zero-order valence-corrected chi connectivity index (χ0v) is 13.7. The van der Waals surface area contributed by atoms with Crippen LogP contribution in [0.2, 0.25) is 5.02 Å². The summed E-state index contributed by atoms with van der Waals surface area (Å²) in [4.78, 5) is 22.8. The van der Waals surface area contributed by atoms with E-state index in [1.807, 2.05) is 0 Å². The van der Waals surface area contributed by atoms with Gasteiger partial charge in [-0.05, 0) is 37.3 Å². The maximum absolute atomic E-state index is 13.3. The summed E-state index contributed by atoms with van der Waals surface area (Å²) in [6, 6.07) is 9.75. The van der Waals surface area contributed by atoms with Crippen LogP contribution < -0.4 is 10.4 Å². The molecule has 0 bridgehead atoms. The zero-order chi connectivity index (χ0) is 18.1. The van der Waals surface area contributed by atoms with E-state index in [2.05, 4.69) is 0 Å². The van der Waals surface area contributed by atoms with Gasteiger partial charge in [0.1, 0.15) is 17.1 Å². The van der Waals surface area contributed by atoms with Crippen LogP contribution in [0.15, 0.2) is 51.7 Å². The van der Waals surface area contributed by atoms with E-state index in [1.54, 1.807) is 12.1 Å². The number of hydrogen-bond donors (Lipinski definition) is 1. The Balaban J connectivity index is 2.14. The molecule has 3 rings (SSSR count). The van der Waals surface area contributed by atoms with Gasteiger partial charge < -0.3 is 14.3 Å². The summed E-state index contributed by atoms with van der Waals surface area (Å²) in [6.45, 7) is 1.39. The van der Waals surface area contributed by atoms with Crippen LogP contribution in [0.5, 0.6) is 5.75 Å². The predicted molar refractivity (Wildman–Crippen MR) is 90.6 cm³/mol. The molecule has 0 saturated carbocycles. The lowest BCUT2D eigenvalue weighted by Crippen LogP contribution is -2.22. The van der Waals surface area contributed by atoms with Gasteiger partial charge in [-0.25, -0.2) is 14.0 Å². The highest BCUT2D eigenvalue weighted by Gasteiger charge is 2.15. The van der Waals surface area contributed by atoms with E-state index >= 15 is 0 Å². The Hall–Kier alpha value is -2.86. The number of hydrogen-bond acceptors (Lipinski definition) is 4. The molecule has 3 aromatic rings. The van der Waals surface area contributed by atoms with Crippen LogP contribution in [0.25, 0.3) is 22.1 Å². The molecule has 0 spiro atoms. The van der Waals surface area contributed by atoms with Gasteiger partial charge >= 0.3 is 11.6 Å². The molecule has 0 amide bonds. The number of rotatable bonds is 4. The lowest BCUT2D eigenvalue weighted by atomic mass is 10.0. The van der Waals surface area contributed by atoms with E-state index < -0.39 is 23.5 Å². The Morgan fingerprint density at radius 1 is 1.20 bits per heavy atom. The maximum atomic E-state index is 13.3. The summed E-state index contributed by atoms with van der Waals surface area (Å²) in [5.41, 5.74) is 0.548. The molecule has 0 fully saturated rings. The number of carboxylic acid groups (broad SMARTS) is 1. The second-order valence-electron chi connectivity index (χ2n) is 5.36. The second-order valence-corrected chi connectivity index (χ2v) is 5.77. The van der Waals surface area contributed by atoms with Crippen molar-refractivity contribution in [2.24, 2.45) is 0 Å². The van der Waals surface area contributed by atoms with Gasteiger partial charge in [0.2, 0.25) is 0 Å². The number of aliphatic carboxylic acids is 1. The number of halogens is 2. The Labute approximate surface area is 146 Å². The molecule has 25 heavy (non-hydrogen) atoms. The van der Waals surface area contributed by atoms with Gasteiger partial charge in [-0.3, -0.25) is 0 Å². The fourth-order valence-electron chi connectivity index (χ4n) is 2.40. The van der Waals surface area contributed by atoms with Crippen LogP contribution in [0.3, 0.4) is 0 Å². The topological polar surface area (TPSA) is 76.7 Å².